The average molecular weight is 500 g/mol. The molecule has 6 nitrogen and oxygen atoms in total. The number of carbonyl (C=O) groups is 1. The third-order valence-electron chi connectivity index (χ3n) is 5.66. The number of aliphatic hydroxyl groups is 1. The van der Waals surface area contributed by atoms with Gasteiger partial charge in [-0.2, -0.15) is 0 Å². The lowest BCUT2D eigenvalue weighted by Gasteiger charge is -2.30. The van der Waals surface area contributed by atoms with Crippen LogP contribution < -0.4 is 15.4 Å². The summed E-state index contributed by atoms with van der Waals surface area (Å²) in [7, 11) is 0. The van der Waals surface area contributed by atoms with Crippen molar-refractivity contribution in [2.45, 2.75) is 32.9 Å². The van der Waals surface area contributed by atoms with E-state index in [0.717, 1.165) is 18.3 Å². The van der Waals surface area contributed by atoms with Crippen LogP contribution in [0.25, 0.3) is 0 Å². The van der Waals surface area contributed by atoms with E-state index in [0.29, 0.717) is 22.7 Å². The van der Waals surface area contributed by atoms with Gasteiger partial charge in [0.1, 0.15) is 17.7 Å². The van der Waals surface area contributed by atoms with Gasteiger partial charge in [0.15, 0.2) is 11.6 Å². The van der Waals surface area contributed by atoms with E-state index in [1.54, 1.807) is 51.1 Å². The Morgan fingerprint density at radius 3 is 2.36 bits per heavy atom. The molecule has 3 aromatic carbocycles. The molecular weight excluding hydrogens is 471 g/mol. The van der Waals surface area contributed by atoms with Crippen molar-refractivity contribution in [1.82, 2.24) is 5.32 Å². The molecule has 0 bridgehead atoms. The minimum absolute atomic E-state index is 0.286. The summed E-state index contributed by atoms with van der Waals surface area (Å²) in [6.45, 7) is 4.42. The SMILES string of the molecule is CC(NC(=O)C(C)(C)CO)[C@H](Oc1ccc(Nc2ccc(F)cc2)c(C=N)c1)c1ccc(F)c(F)c1. The summed E-state index contributed by atoms with van der Waals surface area (Å²) in [6.07, 6.45) is 0.188. The van der Waals surface area contributed by atoms with E-state index >= 15 is 0 Å². The Hall–Kier alpha value is -3.85. The number of hydrogen-bond acceptors (Lipinski definition) is 5. The minimum atomic E-state index is -1.06. The van der Waals surface area contributed by atoms with Crippen molar-refractivity contribution < 1.29 is 27.8 Å². The number of amides is 1. The maximum Gasteiger partial charge on any atom is 0.228 e. The number of carbonyl (C=O) groups excluding carboxylic acids is 1. The van der Waals surface area contributed by atoms with Crippen LogP contribution in [0.2, 0.25) is 0 Å². The van der Waals surface area contributed by atoms with E-state index in [9.17, 15) is 23.1 Å². The highest BCUT2D eigenvalue weighted by Gasteiger charge is 2.31. The fourth-order valence-corrected chi connectivity index (χ4v) is 3.38. The molecule has 4 N–H and O–H groups in total. The Bertz CT molecular complexity index is 1230. The molecule has 0 fully saturated rings. The summed E-state index contributed by atoms with van der Waals surface area (Å²) in [6, 6.07) is 13.3. The number of benzene rings is 3. The molecule has 0 aliphatic rings. The van der Waals surface area contributed by atoms with Crippen molar-refractivity contribution in [3.8, 4) is 5.75 Å². The third kappa shape index (κ3) is 6.42. The van der Waals surface area contributed by atoms with E-state index in [-0.39, 0.29) is 18.0 Å². The second-order valence-electron chi connectivity index (χ2n) is 9.04. The lowest BCUT2D eigenvalue weighted by molar-refractivity contribution is -0.132. The van der Waals surface area contributed by atoms with Gasteiger partial charge in [0.25, 0.3) is 0 Å². The molecular formula is C27H28F3N3O3. The number of rotatable bonds is 10. The first-order chi connectivity index (χ1) is 17.0. The Balaban J connectivity index is 1.90. The summed E-state index contributed by atoms with van der Waals surface area (Å²) in [5, 5.41) is 23.2. The molecule has 1 amide bonds. The number of hydrogen-bond donors (Lipinski definition) is 4. The van der Waals surface area contributed by atoms with Gasteiger partial charge in [0.2, 0.25) is 5.91 Å². The van der Waals surface area contributed by atoms with E-state index in [2.05, 4.69) is 10.6 Å². The van der Waals surface area contributed by atoms with E-state index in [4.69, 9.17) is 10.1 Å². The number of anilines is 2. The van der Waals surface area contributed by atoms with Gasteiger partial charge in [0, 0.05) is 23.2 Å². The van der Waals surface area contributed by atoms with Crippen molar-refractivity contribution in [2.24, 2.45) is 5.41 Å². The molecule has 9 heteroatoms. The molecule has 0 heterocycles. The number of aliphatic hydroxyl groups excluding tert-OH is 1. The van der Waals surface area contributed by atoms with Crippen LogP contribution in [-0.2, 0) is 4.79 Å². The van der Waals surface area contributed by atoms with Crippen molar-refractivity contribution in [2.75, 3.05) is 11.9 Å². The first-order valence-corrected chi connectivity index (χ1v) is 11.2. The Labute approximate surface area is 207 Å². The molecule has 3 aromatic rings. The van der Waals surface area contributed by atoms with Gasteiger partial charge in [-0.05, 0) is 80.9 Å². The van der Waals surface area contributed by atoms with E-state index < -0.39 is 35.1 Å². The molecule has 36 heavy (non-hydrogen) atoms. The zero-order chi connectivity index (χ0) is 26.5. The molecule has 0 spiro atoms. The van der Waals surface area contributed by atoms with Crippen LogP contribution in [-0.4, -0.2) is 29.9 Å². The first kappa shape index (κ1) is 26.7. The topological polar surface area (TPSA) is 94.4 Å². The lowest BCUT2D eigenvalue weighted by atomic mass is 9.92. The normalized spacial score (nSPS) is 13.0. The molecule has 0 aliphatic heterocycles. The van der Waals surface area contributed by atoms with Crippen LogP contribution in [0.15, 0.2) is 60.7 Å². The first-order valence-electron chi connectivity index (χ1n) is 11.2. The van der Waals surface area contributed by atoms with Gasteiger partial charge >= 0.3 is 0 Å². The molecule has 2 atom stereocenters. The highest BCUT2D eigenvalue weighted by molar-refractivity contribution is 5.88. The van der Waals surface area contributed by atoms with Crippen molar-refractivity contribution in [1.29, 1.82) is 5.41 Å². The molecule has 1 unspecified atom stereocenters. The lowest BCUT2D eigenvalue weighted by Crippen LogP contribution is -2.46. The molecule has 3 rings (SSSR count). The largest absolute Gasteiger partial charge is 0.484 e. The third-order valence-corrected chi connectivity index (χ3v) is 5.66. The van der Waals surface area contributed by atoms with Crippen molar-refractivity contribution in [3.63, 3.8) is 0 Å². The summed E-state index contributed by atoms with van der Waals surface area (Å²) in [5.74, 6) is -2.57. The van der Waals surface area contributed by atoms with E-state index in [1.807, 2.05) is 0 Å². The molecule has 0 radical (unpaired) electrons. The highest BCUT2D eigenvalue weighted by atomic mass is 19.2. The zero-order valence-electron chi connectivity index (χ0n) is 20.1. The van der Waals surface area contributed by atoms with Crippen LogP contribution in [0.3, 0.4) is 0 Å². The summed E-state index contributed by atoms with van der Waals surface area (Å²) in [4.78, 5) is 12.6. The maximum atomic E-state index is 14.0. The fourth-order valence-electron chi connectivity index (χ4n) is 3.38. The summed E-state index contributed by atoms with van der Waals surface area (Å²) >= 11 is 0. The quantitative estimate of drug-likeness (QED) is 0.278. The maximum absolute atomic E-state index is 14.0. The summed E-state index contributed by atoms with van der Waals surface area (Å²) < 4.78 is 46.9. The molecule has 0 saturated carbocycles. The number of ether oxygens (including phenoxy) is 1. The smallest absolute Gasteiger partial charge is 0.228 e. The zero-order valence-corrected chi connectivity index (χ0v) is 20.1. The van der Waals surface area contributed by atoms with Crippen LogP contribution in [0.4, 0.5) is 24.5 Å². The predicted octanol–water partition coefficient (Wildman–Crippen LogP) is 5.49. The van der Waals surface area contributed by atoms with Gasteiger partial charge in [-0.1, -0.05) is 6.07 Å². The highest BCUT2D eigenvalue weighted by Crippen LogP contribution is 2.30. The Morgan fingerprint density at radius 2 is 1.75 bits per heavy atom. The average Bonchev–Trinajstić information content (AvgIpc) is 2.86. The fraction of sp³-hybridized carbons (Fsp3) is 0.259. The number of halogens is 3. The molecule has 0 aliphatic carbocycles. The van der Waals surface area contributed by atoms with Crippen LogP contribution >= 0.6 is 0 Å². The monoisotopic (exact) mass is 499 g/mol. The van der Waals surface area contributed by atoms with E-state index in [1.165, 1.54) is 18.2 Å². The molecule has 190 valence electrons. The van der Waals surface area contributed by atoms with Crippen molar-refractivity contribution >= 4 is 23.5 Å². The van der Waals surface area contributed by atoms with Crippen LogP contribution in [0, 0.1) is 28.3 Å². The molecule has 0 aromatic heterocycles. The van der Waals surface area contributed by atoms with Crippen LogP contribution in [0.1, 0.15) is 38.0 Å². The standard InChI is InChI=1S/C27H28F3N3O3/c1-16(32-26(35)27(2,3)15-34)25(17-4-10-22(29)23(30)13-17)36-21-9-11-24(18(12-21)14-31)33-20-7-5-19(28)6-8-20/h4-14,16,25,31,33-34H,15H2,1-3H3,(H,32,35)/t16?,25-/m0/s1. The Kier molecular flexibility index (Phi) is 8.37. The predicted molar refractivity (Wildman–Crippen MR) is 132 cm³/mol. The van der Waals surface area contributed by atoms with Crippen LogP contribution in [0.5, 0.6) is 5.75 Å². The Morgan fingerprint density at radius 1 is 1.06 bits per heavy atom. The van der Waals surface area contributed by atoms with Crippen molar-refractivity contribution in [3.05, 3.63) is 89.2 Å². The van der Waals surface area contributed by atoms with Gasteiger partial charge in [-0.25, -0.2) is 13.2 Å². The second kappa shape index (κ2) is 11.3. The van der Waals surface area contributed by atoms with Gasteiger partial charge in [-0.3, -0.25) is 4.79 Å². The van der Waals surface area contributed by atoms with Gasteiger partial charge in [-0.15, -0.1) is 0 Å². The van der Waals surface area contributed by atoms with Gasteiger partial charge in [0.05, 0.1) is 18.1 Å². The molecule has 0 saturated heterocycles. The van der Waals surface area contributed by atoms with Gasteiger partial charge < -0.3 is 25.9 Å². The minimum Gasteiger partial charge on any atom is -0.484 e. The number of nitrogens with one attached hydrogen (secondary N) is 3. The second-order valence-corrected chi connectivity index (χ2v) is 9.04. The summed E-state index contributed by atoms with van der Waals surface area (Å²) in [5.41, 5.74) is 0.871.